The summed E-state index contributed by atoms with van der Waals surface area (Å²) in [5, 5.41) is 9.19. The Bertz CT molecular complexity index is 444. The van der Waals surface area contributed by atoms with E-state index in [9.17, 15) is 9.59 Å². The molecule has 112 valence electrons. The highest BCUT2D eigenvalue weighted by Crippen LogP contribution is 2.08. The van der Waals surface area contributed by atoms with Crippen molar-refractivity contribution in [3.05, 3.63) is 11.8 Å². The maximum atomic E-state index is 11.6. The van der Waals surface area contributed by atoms with Gasteiger partial charge < -0.3 is 15.2 Å². The first kappa shape index (κ1) is 16.6. The number of anilines is 1. The summed E-state index contributed by atoms with van der Waals surface area (Å²) in [6.45, 7) is 5.82. The molecule has 0 aliphatic heterocycles. The Kier molecular flexibility index (Phi) is 7.14. The van der Waals surface area contributed by atoms with Crippen LogP contribution in [0.4, 0.5) is 5.82 Å². The van der Waals surface area contributed by atoms with Crippen LogP contribution in [0.2, 0.25) is 0 Å². The van der Waals surface area contributed by atoms with Crippen LogP contribution in [-0.2, 0) is 9.59 Å². The average molecular weight is 299 g/mol. The van der Waals surface area contributed by atoms with Crippen LogP contribution in [0, 0.1) is 6.92 Å². The zero-order chi connectivity index (χ0) is 15.0. The van der Waals surface area contributed by atoms with Crippen molar-refractivity contribution in [1.29, 1.82) is 0 Å². The van der Waals surface area contributed by atoms with E-state index in [4.69, 9.17) is 4.52 Å². The molecule has 1 aromatic rings. The van der Waals surface area contributed by atoms with Gasteiger partial charge in [0.15, 0.2) is 5.82 Å². The van der Waals surface area contributed by atoms with E-state index in [-0.39, 0.29) is 29.4 Å². The molecular weight excluding hydrogens is 278 g/mol. The molecular formula is C13H21N3O3S. The second-order valence-corrected chi connectivity index (χ2v) is 5.43. The second kappa shape index (κ2) is 8.63. The summed E-state index contributed by atoms with van der Waals surface area (Å²) in [7, 11) is 0. The van der Waals surface area contributed by atoms with E-state index in [2.05, 4.69) is 15.8 Å². The summed E-state index contributed by atoms with van der Waals surface area (Å²) in [6, 6.07) is 1.86. The number of nitrogens with one attached hydrogen (secondary N) is 2. The van der Waals surface area contributed by atoms with E-state index in [0.717, 1.165) is 12.8 Å². The van der Waals surface area contributed by atoms with Gasteiger partial charge >= 0.3 is 0 Å². The van der Waals surface area contributed by atoms with E-state index in [1.165, 1.54) is 11.8 Å². The molecule has 6 nitrogen and oxygen atoms in total. The van der Waals surface area contributed by atoms with Gasteiger partial charge in [0.1, 0.15) is 5.76 Å². The standard InChI is InChI=1S/C13H21N3O3S/c1-4-10(5-2)14-12(17)7-20-8-13(18)15-11-6-9(3)19-16-11/h6,10H,4-5,7-8H2,1-3H3,(H,14,17)(H,15,16,18). The van der Waals surface area contributed by atoms with Gasteiger partial charge in [-0.3, -0.25) is 9.59 Å². The van der Waals surface area contributed by atoms with Crippen LogP contribution in [0.1, 0.15) is 32.4 Å². The normalized spacial score (nSPS) is 10.6. The molecule has 0 radical (unpaired) electrons. The molecule has 0 unspecified atom stereocenters. The third-order valence-corrected chi connectivity index (χ3v) is 3.65. The fourth-order valence-electron chi connectivity index (χ4n) is 1.60. The van der Waals surface area contributed by atoms with Gasteiger partial charge in [0.25, 0.3) is 0 Å². The summed E-state index contributed by atoms with van der Waals surface area (Å²) in [4.78, 5) is 23.2. The molecule has 0 saturated carbocycles. The zero-order valence-electron chi connectivity index (χ0n) is 12.1. The number of aryl methyl sites for hydroxylation is 1. The van der Waals surface area contributed by atoms with E-state index >= 15 is 0 Å². The summed E-state index contributed by atoms with van der Waals surface area (Å²) in [5.74, 6) is 1.30. The number of thioether (sulfide) groups is 1. The molecule has 20 heavy (non-hydrogen) atoms. The van der Waals surface area contributed by atoms with Crippen LogP contribution >= 0.6 is 11.8 Å². The maximum absolute atomic E-state index is 11.6. The Balaban J connectivity index is 2.20. The fourth-order valence-corrected chi connectivity index (χ4v) is 2.23. The van der Waals surface area contributed by atoms with Crippen molar-refractivity contribution in [2.75, 3.05) is 16.8 Å². The summed E-state index contributed by atoms with van der Waals surface area (Å²) in [5.41, 5.74) is 0. The number of carbonyl (C=O) groups is 2. The van der Waals surface area contributed by atoms with Crippen LogP contribution in [0.15, 0.2) is 10.6 Å². The van der Waals surface area contributed by atoms with Gasteiger partial charge in [0, 0.05) is 12.1 Å². The molecule has 0 bridgehead atoms. The number of hydrogen-bond acceptors (Lipinski definition) is 5. The summed E-state index contributed by atoms with van der Waals surface area (Å²) in [6.07, 6.45) is 1.83. The number of carbonyl (C=O) groups excluding carboxylic acids is 2. The van der Waals surface area contributed by atoms with Gasteiger partial charge in [0.2, 0.25) is 11.8 Å². The smallest absolute Gasteiger partial charge is 0.235 e. The van der Waals surface area contributed by atoms with E-state index < -0.39 is 0 Å². The van der Waals surface area contributed by atoms with Gasteiger partial charge in [-0.25, -0.2) is 0 Å². The Morgan fingerprint density at radius 2 is 1.95 bits per heavy atom. The Labute approximate surface area is 123 Å². The topological polar surface area (TPSA) is 84.2 Å². The molecule has 7 heteroatoms. The fraction of sp³-hybridized carbons (Fsp3) is 0.615. The van der Waals surface area contributed by atoms with Crippen molar-refractivity contribution >= 4 is 29.4 Å². The largest absolute Gasteiger partial charge is 0.360 e. The van der Waals surface area contributed by atoms with Gasteiger partial charge in [-0.05, 0) is 19.8 Å². The molecule has 1 heterocycles. The average Bonchev–Trinajstić information content (AvgIpc) is 2.81. The number of hydrogen-bond donors (Lipinski definition) is 2. The number of rotatable bonds is 8. The first-order chi connectivity index (χ1) is 9.55. The molecule has 0 saturated heterocycles. The molecule has 1 rings (SSSR count). The Morgan fingerprint density at radius 3 is 2.50 bits per heavy atom. The van der Waals surface area contributed by atoms with Crippen LogP contribution < -0.4 is 10.6 Å². The molecule has 0 aromatic carbocycles. The van der Waals surface area contributed by atoms with Crippen molar-refractivity contribution in [1.82, 2.24) is 10.5 Å². The number of nitrogens with zero attached hydrogens (tertiary/aromatic N) is 1. The molecule has 1 aromatic heterocycles. The van der Waals surface area contributed by atoms with Crippen LogP contribution in [0.25, 0.3) is 0 Å². The van der Waals surface area contributed by atoms with E-state index in [0.29, 0.717) is 11.6 Å². The molecule has 0 atom stereocenters. The summed E-state index contributed by atoms with van der Waals surface area (Å²) >= 11 is 1.28. The third kappa shape index (κ3) is 6.10. The molecule has 2 amide bonds. The number of aromatic nitrogens is 1. The van der Waals surface area contributed by atoms with Crippen molar-refractivity contribution < 1.29 is 14.1 Å². The number of amides is 2. The first-order valence-corrected chi connectivity index (χ1v) is 7.80. The summed E-state index contributed by atoms with van der Waals surface area (Å²) < 4.78 is 4.84. The Hall–Kier alpha value is -1.50. The molecule has 0 fully saturated rings. The predicted octanol–water partition coefficient (Wildman–Crippen LogP) is 1.96. The third-order valence-electron chi connectivity index (χ3n) is 2.71. The van der Waals surface area contributed by atoms with Gasteiger partial charge in [-0.15, -0.1) is 11.8 Å². The van der Waals surface area contributed by atoms with Crippen molar-refractivity contribution in [3.8, 4) is 0 Å². The van der Waals surface area contributed by atoms with Crippen LogP contribution in [-0.4, -0.2) is 34.5 Å². The minimum absolute atomic E-state index is 0.0335. The lowest BCUT2D eigenvalue weighted by Gasteiger charge is -2.14. The van der Waals surface area contributed by atoms with E-state index in [1.54, 1.807) is 13.0 Å². The van der Waals surface area contributed by atoms with E-state index in [1.807, 2.05) is 13.8 Å². The highest BCUT2D eigenvalue weighted by atomic mass is 32.2. The molecule has 0 spiro atoms. The van der Waals surface area contributed by atoms with Crippen molar-refractivity contribution in [2.45, 2.75) is 39.7 Å². The first-order valence-electron chi connectivity index (χ1n) is 6.65. The quantitative estimate of drug-likeness (QED) is 0.766. The Morgan fingerprint density at radius 1 is 1.30 bits per heavy atom. The lowest BCUT2D eigenvalue weighted by Crippen LogP contribution is -2.35. The van der Waals surface area contributed by atoms with Crippen molar-refractivity contribution in [3.63, 3.8) is 0 Å². The predicted molar refractivity (Wildman–Crippen MR) is 79.7 cm³/mol. The monoisotopic (exact) mass is 299 g/mol. The lowest BCUT2D eigenvalue weighted by molar-refractivity contribution is -0.119. The highest BCUT2D eigenvalue weighted by molar-refractivity contribution is 8.00. The minimum Gasteiger partial charge on any atom is -0.360 e. The van der Waals surface area contributed by atoms with Crippen molar-refractivity contribution in [2.24, 2.45) is 0 Å². The highest BCUT2D eigenvalue weighted by Gasteiger charge is 2.10. The van der Waals surface area contributed by atoms with Crippen LogP contribution in [0.3, 0.4) is 0 Å². The lowest BCUT2D eigenvalue weighted by atomic mass is 10.2. The molecule has 2 N–H and O–H groups in total. The van der Waals surface area contributed by atoms with Crippen LogP contribution in [0.5, 0.6) is 0 Å². The maximum Gasteiger partial charge on any atom is 0.235 e. The van der Waals surface area contributed by atoms with Gasteiger partial charge in [0.05, 0.1) is 11.5 Å². The molecule has 0 aliphatic rings. The minimum atomic E-state index is -0.196. The van der Waals surface area contributed by atoms with Gasteiger partial charge in [-0.2, -0.15) is 0 Å². The van der Waals surface area contributed by atoms with Gasteiger partial charge in [-0.1, -0.05) is 19.0 Å². The SMILES string of the molecule is CCC(CC)NC(=O)CSCC(=O)Nc1cc(C)on1. The zero-order valence-corrected chi connectivity index (χ0v) is 12.9. The molecule has 0 aliphatic carbocycles. The second-order valence-electron chi connectivity index (χ2n) is 4.44.